The first kappa shape index (κ1) is 12.5. The van der Waals surface area contributed by atoms with Crippen LogP contribution in [0.2, 0.25) is 0 Å². The van der Waals surface area contributed by atoms with E-state index in [1.807, 2.05) is 6.92 Å². The number of anilines is 1. The van der Waals surface area contributed by atoms with E-state index in [0.29, 0.717) is 0 Å². The van der Waals surface area contributed by atoms with E-state index in [9.17, 15) is 4.79 Å². The van der Waals surface area contributed by atoms with Crippen LogP contribution in [-0.2, 0) is 0 Å². The molecule has 2 rings (SSSR count). The van der Waals surface area contributed by atoms with Crippen molar-refractivity contribution in [3.05, 3.63) is 11.3 Å². The minimum Gasteiger partial charge on any atom is -0.374 e. The van der Waals surface area contributed by atoms with Crippen LogP contribution in [0, 0.1) is 6.92 Å². The summed E-state index contributed by atoms with van der Waals surface area (Å²) >= 11 is 1.39. The van der Waals surface area contributed by atoms with Gasteiger partial charge in [0.25, 0.3) is 0 Å². The van der Waals surface area contributed by atoms with Crippen LogP contribution >= 0.6 is 11.5 Å². The van der Waals surface area contributed by atoms with Gasteiger partial charge in [-0.05, 0) is 51.3 Å². The molecule has 1 aromatic heterocycles. The molecule has 1 aromatic rings. The summed E-state index contributed by atoms with van der Waals surface area (Å²) in [4.78, 5) is 13.9. The maximum Gasteiger partial charge on any atom is 0.164 e. The third kappa shape index (κ3) is 3.04. The summed E-state index contributed by atoms with van der Waals surface area (Å²) < 4.78 is 4.23. The zero-order chi connectivity index (χ0) is 12.3. The second-order valence-electron chi connectivity index (χ2n) is 4.50. The molecule has 0 radical (unpaired) electrons. The van der Waals surface area contributed by atoms with Gasteiger partial charge in [-0.15, -0.1) is 0 Å². The number of ketones is 1. The summed E-state index contributed by atoms with van der Waals surface area (Å²) in [5.74, 6) is 0.0972. The number of aryl methyl sites for hydroxylation is 1. The van der Waals surface area contributed by atoms with Gasteiger partial charge < -0.3 is 10.2 Å². The van der Waals surface area contributed by atoms with Gasteiger partial charge in [-0.1, -0.05) is 0 Å². The van der Waals surface area contributed by atoms with Gasteiger partial charge in [-0.2, -0.15) is 4.37 Å². The van der Waals surface area contributed by atoms with Crippen LogP contribution in [0.4, 0.5) is 5.00 Å². The molecule has 1 N–H and O–H groups in total. The highest BCUT2D eigenvalue weighted by atomic mass is 32.1. The second kappa shape index (κ2) is 5.60. The Morgan fingerprint density at radius 3 is 2.82 bits per heavy atom. The fourth-order valence-electron chi connectivity index (χ4n) is 2.24. The van der Waals surface area contributed by atoms with E-state index in [0.717, 1.165) is 29.3 Å². The molecular formula is C12H19N3OS. The normalized spacial score (nSPS) is 16.4. The van der Waals surface area contributed by atoms with E-state index in [2.05, 4.69) is 14.6 Å². The van der Waals surface area contributed by atoms with Gasteiger partial charge in [0.15, 0.2) is 5.78 Å². The molecule has 0 amide bonds. The molecule has 0 spiro atoms. The monoisotopic (exact) mass is 253 g/mol. The van der Waals surface area contributed by atoms with Crippen molar-refractivity contribution in [2.24, 2.45) is 0 Å². The van der Waals surface area contributed by atoms with Crippen LogP contribution in [0.3, 0.4) is 0 Å². The summed E-state index contributed by atoms with van der Waals surface area (Å²) in [7, 11) is 0. The molecule has 0 aliphatic carbocycles. The Morgan fingerprint density at radius 1 is 1.47 bits per heavy atom. The predicted molar refractivity (Wildman–Crippen MR) is 71.0 cm³/mol. The Hall–Kier alpha value is -0.940. The van der Waals surface area contributed by atoms with Crippen molar-refractivity contribution in [3.63, 3.8) is 0 Å². The zero-order valence-corrected chi connectivity index (χ0v) is 11.3. The molecule has 1 aliphatic heterocycles. The van der Waals surface area contributed by atoms with Crippen molar-refractivity contribution in [3.8, 4) is 0 Å². The average Bonchev–Trinajstić information content (AvgIpc) is 2.88. The molecule has 1 aliphatic rings. The Balaban J connectivity index is 1.88. The Morgan fingerprint density at radius 2 is 2.18 bits per heavy atom. The first-order chi connectivity index (χ1) is 8.18. The molecule has 0 unspecified atom stereocenters. The Bertz CT molecular complexity index is 396. The van der Waals surface area contributed by atoms with E-state index < -0.39 is 0 Å². The van der Waals surface area contributed by atoms with Gasteiger partial charge in [0, 0.05) is 13.1 Å². The highest BCUT2D eigenvalue weighted by molar-refractivity contribution is 7.10. The summed E-state index contributed by atoms with van der Waals surface area (Å²) in [5.41, 5.74) is 1.60. The van der Waals surface area contributed by atoms with E-state index in [4.69, 9.17) is 0 Å². The zero-order valence-electron chi connectivity index (χ0n) is 10.5. The number of aromatic nitrogens is 1. The maximum absolute atomic E-state index is 11.5. The van der Waals surface area contributed by atoms with E-state index in [1.54, 1.807) is 6.92 Å². The number of rotatable bonds is 5. The number of carbonyl (C=O) groups is 1. The molecule has 0 aromatic carbocycles. The van der Waals surface area contributed by atoms with E-state index in [-0.39, 0.29) is 5.78 Å². The third-order valence-electron chi connectivity index (χ3n) is 3.13. The molecule has 94 valence electrons. The lowest BCUT2D eigenvalue weighted by molar-refractivity contribution is 0.101. The lowest BCUT2D eigenvalue weighted by Gasteiger charge is -2.14. The number of hydrogen-bond acceptors (Lipinski definition) is 5. The fourth-order valence-corrected chi connectivity index (χ4v) is 3.11. The molecule has 0 saturated carbocycles. The summed E-state index contributed by atoms with van der Waals surface area (Å²) in [6, 6.07) is 0. The molecular weight excluding hydrogens is 234 g/mol. The van der Waals surface area contributed by atoms with Gasteiger partial charge in [0.05, 0.1) is 11.3 Å². The lowest BCUT2D eigenvalue weighted by Crippen LogP contribution is -2.26. The quantitative estimate of drug-likeness (QED) is 0.817. The number of Topliss-reactive ketones (excluding diaryl/α,β-unsaturated/α-hetero) is 1. The summed E-state index contributed by atoms with van der Waals surface area (Å²) in [6.45, 7) is 7.85. The molecule has 17 heavy (non-hydrogen) atoms. The van der Waals surface area contributed by atoms with E-state index >= 15 is 0 Å². The molecule has 0 bridgehead atoms. The molecule has 4 nitrogen and oxygen atoms in total. The molecule has 2 heterocycles. The molecule has 1 saturated heterocycles. The number of nitrogens with one attached hydrogen (secondary N) is 1. The van der Waals surface area contributed by atoms with Gasteiger partial charge in [-0.3, -0.25) is 4.79 Å². The third-order valence-corrected chi connectivity index (χ3v) is 4.02. The predicted octanol–water partition coefficient (Wildman–Crippen LogP) is 2.16. The van der Waals surface area contributed by atoms with Crippen molar-refractivity contribution >= 4 is 22.3 Å². The molecule has 0 atom stereocenters. The van der Waals surface area contributed by atoms with Crippen LogP contribution in [0.15, 0.2) is 0 Å². The van der Waals surface area contributed by atoms with Gasteiger partial charge in [-0.25, -0.2) is 0 Å². The molecule has 1 fully saturated rings. The Kier molecular flexibility index (Phi) is 4.12. The van der Waals surface area contributed by atoms with Gasteiger partial charge in [0.2, 0.25) is 0 Å². The Labute approximate surface area is 106 Å². The topological polar surface area (TPSA) is 45.2 Å². The van der Waals surface area contributed by atoms with Crippen molar-refractivity contribution in [2.45, 2.75) is 26.7 Å². The largest absolute Gasteiger partial charge is 0.374 e. The van der Waals surface area contributed by atoms with Crippen molar-refractivity contribution < 1.29 is 4.79 Å². The van der Waals surface area contributed by atoms with E-state index in [1.165, 1.54) is 37.5 Å². The SMILES string of the molecule is CC(=O)c1c(C)nsc1NCCN1CCCC1. The van der Waals surface area contributed by atoms with Crippen molar-refractivity contribution in [1.82, 2.24) is 9.27 Å². The smallest absolute Gasteiger partial charge is 0.164 e. The van der Waals surface area contributed by atoms with Crippen LogP contribution < -0.4 is 5.32 Å². The van der Waals surface area contributed by atoms with Crippen LogP contribution in [0.1, 0.15) is 35.8 Å². The highest BCUT2D eigenvalue weighted by Gasteiger charge is 2.15. The first-order valence-electron chi connectivity index (χ1n) is 6.12. The van der Waals surface area contributed by atoms with Crippen LogP contribution in [-0.4, -0.2) is 41.2 Å². The summed E-state index contributed by atoms with van der Waals surface area (Å²) in [6.07, 6.45) is 2.64. The van der Waals surface area contributed by atoms with Crippen molar-refractivity contribution in [2.75, 3.05) is 31.5 Å². The van der Waals surface area contributed by atoms with Crippen molar-refractivity contribution in [1.29, 1.82) is 0 Å². The first-order valence-corrected chi connectivity index (χ1v) is 6.89. The number of likely N-dealkylation sites (tertiary alicyclic amines) is 1. The van der Waals surface area contributed by atoms with Crippen LogP contribution in [0.5, 0.6) is 0 Å². The number of hydrogen-bond donors (Lipinski definition) is 1. The standard InChI is InChI=1S/C12H19N3OS/c1-9-11(10(2)16)12(17-14-9)13-5-8-15-6-3-4-7-15/h13H,3-8H2,1-2H3. The maximum atomic E-state index is 11.5. The fraction of sp³-hybridized carbons (Fsp3) is 0.667. The second-order valence-corrected chi connectivity index (χ2v) is 5.28. The van der Waals surface area contributed by atoms with Crippen LogP contribution in [0.25, 0.3) is 0 Å². The lowest BCUT2D eigenvalue weighted by atomic mass is 10.2. The summed E-state index contributed by atoms with van der Waals surface area (Å²) in [5, 5.41) is 4.26. The minimum atomic E-state index is 0.0972. The minimum absolute atomic E-state index is 0.0972. The number of carbonyl (C=O) groups excluding carboxylic acids is 1. The highest BCUT2D eigenvalue weighted by Crippen LogP contribution is 2.24. The number of nitrogens with zero attached hydrogens (tertiary/aromatic N) is 2. The van der Waals surface area contributed by atoms with Gasteiger partial charge in [0.1, 0.15) is 5.00 Å². The average molecular weight is 253 g/mol. The molecule has 5 heteroatoms. The van der Waals surface area contributed by atoms with Gasteiger partial charge >= 0.3 is 0 Å².